The number of carbonyl (C=O) groups is 4. The Kier molecular flexibility index (Phi) is 16.8. The number of rotatable bonds is 21. The second kappa shape index (κ2) is 21.8. The lowest BCUT2D eigenvalue weighted by Gasteiger charge is -2.54. The predicted octanol–water partition coefficient (Wildman–Crippen LogP) is 9.44. The maximum atomic E-state index is 12.9. The summed E-state index contributed by atoms with van der Waals surface area (Å²) in [5.41, 5.74) is 3.69. The Balaban J connectivity index is 0.757. The van der Waals surface area contributed by atoms with Gasteiger partial charge in [-0.25, -0.2) is 4.79 Å². The highest BCUT2D eigenvalue weighted by Gasteiger charge is 2.57. The Morgan fingerprint density at radius 3 is 1.54 bits per heavy atom. The average molecular weight is 872 g/mol. The van der Waals surface area contributed by atoms with E-state index in [2.05, 4.69) is 61.8 Å². The van der Waals surface area contributed by atoms with E-state index in [-0.39, 0.29) is 40.6 Å². The lowest BCUT2D eigenvalue weighted by molar-refractivity contribution is -0.162. The Hall–Kier alpha value is -3.96. The van der Waals surface area contributed by atoms with Gasteiger partial charge in [0.05, 0.1) is 25.0 Å². The molecule has 3 N–H and O–H groups in total. The number of unbranched alkanes of at least 4 members (excludes halogenated alkanes) is 5. The minimum atomic E-state index is -0.504. The molecular formula is C52H77N3O8. The van der Waals surface area contributed by atoms with Crippen LogP contribution >= 0.6 is 0 Å². The molecule has 0 spiro atoms. The molecule has 11 heteroatoms. The quantitative estimate of drug-likeness (QED) is 0.0631. The fraction of sp³-hybridized carbons (Fsp3) is 0.692. The monoisotopic (exact) mass is 872 g/mol. The molecule has 63 heavy (non-hydrogen) atoms. The normalized spacial score (nSPS) is 27.1. The Morgan fingerprint density at radius 2 is 1.03 bits per heavy atom. The van der Waals surface area contributed by atoms with Crippen LogP contribution < -0.4 is 25.4 Å². The average Bonchev–Trinajstić information content (AvgIpc) is 3.27. The molecule has 6 rings (SSSR count). The largest absolute Gasteiger partial charge is 0.469 e. The molecule has 0 aliphatic heterocycles. The Labute approximate surface area is 377 Å². The first-order chi connectivity index (χ1) is 30.3. The number of fused-ring (bicyclic) bond motifs is 6. The van der Waals surface area contributed by atoms with Gasteiger partial charge in [-0.1, -0.05) is 64.5 Å². The fourth-order valence-electron chi connectivity index (χ4n) is 12.5. The van der Waals surface area contributed by atoms with E-state index in [1.54, 1.807) is 0 Å². The molecule has 2 aromatic rings. The van der Waals surface area contributed by atoms with Crippen LogP contribution in [0.5, 0.6) is 11.5 Å². The third kappa shape index (κ3) is 11.1. The van der Waals surface area contributed by atoms with Crippen LogP contribution in [-0.4, -0.2) is 70.9 Å². The van der Waals surface area contributed by atoms with E-state index in [1.165, 1.54) is 62.2 Å². The zero-order valence-corrected chi connectivity index (χ0v) is 39.4. The van der Waals surface area contributed by atoms with Crippen LogP contribution in [0.15, 0.2) is 36.4 Å². The van der Waals surface area contributed by atoms with Gasteiger partial charge in [0.1, 0.15) is 11.5 Å². The fourth-order valence-corrected chi connectivity index (χ4v) is 12.5. The van der Waals surface area contributed by atoms with Gasteiger partial charge < -0.3 is 34.9 Å². The lowest BCUT2D eigenvalue weighted by atomic mass is 9.50. The summed E-state index contributed by atoms with van der Waals surface area (Å²) in [6.07, 6.45) is 18.0. The van der Waals surface area contributed by atoms with Gasteiger partial charge in [-0.3, -0.25) is 14.4 Å². The van der Waals surface area contributed by atoms with E-state index in [1.807, 2.05) is 18.2 Å². The van der Waals surface area contributed by atoms with Gasteiger partial charge in [-0.2, -0.15) is 0 Å². The second-order valence-electron chi connectivity index (χ2n) is 20.0. The SMILES string of the molecule is COC(=O)[C@@]1(C)CCC[C@]2(C)c3cc(OC(=O)CCCNCCCCCCCCNCCCNC(=O)Oc4ccc5c(c4)[C@@]4(C)CCC[C@](C)(C(=O)OC)[C@@H]4CC5)ccc3CC[C@@H]12. The topological polar surface area (TPSA) is 141 Å². The van der Waals surface area contributed by atoms with Crippen LogP contribution in [0.4, 0.5) is 4.79 Å². The molecule has 0 radical (unpaired) electrons. The van der Waals surface area contributed by atoms with Gasteiger partial charge in [0.15, 0.2) is 0 Å². The van der Waals surface area contributed by atoms with Crippen LogP contribution in [-0.2, 0) is 47.5 Å². The van der Waals surface area contributed by atoms with Crippen molar-refractivity contribution in [3.63, 3.8) is 0 Å². The number of ether oxygens (including phenoxy) is 4. The van der Waals surface area contributed by atoms with Crippen molar-refractivity contribution in [2.24, 2.45) is 22.7 Å². The lowest BCUT2D eigenvalue weighted by Crippen LogP contribution is -2.52. The molecule has 11 nitrogen and oxygen atoms in total. The molecule has 4 aliphatic carbocycles. The van der Waals surface area contributed by atoms with Gasteiger partial charge in [-0.15, -0.1) is 0 Å². The standard InChI is InChI=1S/C52H77N3O8/c1-49-26-14-28-51(3,46(57)60-5)43(49)24-20-37-18-22-39(35-41(37)49)62-45(56)17-13-32-53-30-11-9-7-8-10-12-31-54-33-16-34-55-48(59)63-40-23-19-38-21-25-44-50(2,42(38)36-40)27-15-29-52(44,4)47(58)61-6/h18-19,22-23,35-36,43-44,53-54H,7-17,20-21,24-34H2,1-6H3,(H,55,59)/t43-,44-,49-,50-,51+,52+/m1/s1. The molecule has 1 amide bonds. The molecule has 6 atom stereocenters. The minimum Gasteiger partial charge on any atom is -0.469 e. The van der Waals surface area contributed by atoms with Gasteiger partial charge in [0.25, 0.3) is 0 Å². The first-order valence-corrected chi connectivity index (χ1v) is 24.3. The van der Waals surface area contributed by atoms with Crippen LogP contribution in [0, 0.1) is 22.7 Å². The highest BCUT2D eigenvalue weighted by molar-refractivity contribution is 5.78. The summed E-state index contributed by atoms with van der Waals surface area (Å²) >= 11 is 0. The number of benzene rings is 2. The maximum absolute atomic E-state index is 12.9. The molecule has 2 fully saturated rings. The summed E-state index contributed by atoms with van der Waals surface area (Å²) < 4.78 is 22.1. The predicted molar refractivity (Wildman–Crippen MR) is 246 cm³/mol. The summed E-state index contributed by atoms with van der Waals surface area (Å²) in [4.78, 5) is 51.2. The first kappa shape index (κ1) is 48.5. The van der Waals surface area contributed by atoms with Gasteiger partial charge >= 0.3 is 24.0 Å². The third-order valence-corrected chi connectivity index (χ3v) is 15.9. The molecule has 0 heterocycles. The van der Waals surface area contributed by atoms with Crippen LogP contribution in [0.1, 0.15) is 159 Å². The van der Waals surface area contributed by atoms with Crippen molar-refractivity contribution in [2.75, 3.05) is 46.9 Å². The van der Waals surface area contributed by atoms with Crippen LogP contribution in [0.3, 0.4) is 0 Å². The minimum absolute atomic E-state index is 0.109. The van der Waals surface area contributed by atoms with E-state index >= 15 is 0 Å². The van der Waals surface area contributed by atoms with Crippen molar-refractivity contribution in [1.29, 1.82) is 0 Å². The summed E-state index contributed by atoms with van der Waals surface area (Å²) in [5.74, 6) is 1.11. The van der Waals surface area contributed by atoms with Crippen molar-refractivity contribution < 1.29 is 38.1 Å². The smallest absolute Gasteiger partial charge is 0.412 e. The van der Waals surface area contributed by atoms with Crippen molar-refractivity contribution in [1.82, 2.24) is 16.0 Å². The summed E-state index contributed by atoms with van der Waals surface area (Å²) in [6.45, 7) is 12.8. The number of hydrogen-bond donors (Lipinski definition) is 3. The van der Waals surface area contributed by atoms with Crippen molar-refractivity contribution in [2.45, 2.75) is 161 Å². The van der Waals surface area contributed by atoms with E-state index in [4.69, 9.17) is 18.9 Å². The number of aryl methyl sites for hydroxylation is 2. The van der Waals surface area contributed by atoms with E-state index in [0.29, 0.717) is 24.5 Å². The van der Waals surface area contributed by atoms with Crippen molar-refractivity contribution >= 4 is 24.0 Å². The summed E-state index contributed by atoms with van der Waals surface area (Å²) in [5, 5.41) is 9.87. The van der Waals surface area contributed by atoms with E-state index < -0.39 is 16.9 Å². The molecule has 4 aliphatic rings. The van der Waals surface area contributed by atoms with Gasteiger partial charge in [-0.05, 0) is 186 Å². The van der Waals surface area contributed by atoms with E-state index in [0.717, 1.165) is 116 Å². The van der Waals surface area contributed by atoms with Crippen LogP contribution in [0.25, 0.3) is 0 Å². The molecule has 0 unspecified atom stereocenters. The highest BCUT2D eigenvalue weighted by atomic mass is 16.6. The van der Waals surface area contributed by atoms with Crippen LogP contribution in [0.2, 0.25) is 0 Å². The number of amides is 1. The van der Waals surface area contributed by atoms with E-state index in [9.17, 15) is 19.2 Å². The van der Waals surface area contributed by atoms with Gasteiger partial charge in [0.2, 0.25) is 0 Å². The molecule has 0 bridgehead atoms. The maximum Gasteiger partial charge on any atom is 0.412 e. The number of nitrogens with one attached hydrogen (secondary N) is 3. The number of hydrogen-bond acceptors (Lipinski definition) is 10. The molecule has 2 saturated carbocycles. The summed E-state index contributed by atoms with van der Waals surface area (Å²) in [7, 11) is 2.98. The number of esters is 3. The zero-order valence-electron chi connectivity index (χ0n) is 39.4. The molecule has 0 aromatic heterocycles. The first-order valence-electron chi connectivity index (χ1n) is 24.3. The Morgan fingerprint density at radius 1 is 0.571 bits per heavy atom. The summed E-state index contributed by atoms with van der Waals surface area (Å²) in [6, 6.07) is 12.1. The molecular weight excluding hydrogens is 795 g/mol. The molecule has 348 valence electrons. The van der Waals surface area contributed by atoms with Gasteiger partial charge in [0, 0.05) is 13.0 Å². The zero-order chi connectivity index (χ0) is 45.1. The third-order valence-electron chi connectivity index (χ3n) is 15.9. The highest BCUT2D eigenvalue weighted by Crippen LogP contribution is 2.59. The Bertz CT molecular complexity index is 1770. The molecule has 0 saturated heterocycles. The number of carbonyl (C=O) groups excluding carboxylic acids is 4. The second-order valence-corrected chi connectivity index (χ2v) is 20.0. The molecule has 2 aromatic carbocycles. The van der Waals surface area contributed by atoms with Crippen molar-refractivity contribution in [3.05, 3.63) is 58.7 Å². The number of methoxy groups -OCH3 is 2. The van der Waals surface area contributed by atoms with Crippen molar-refractivity contribution in [3.8, 4) is 11.5 Å².